The zero-order valence-electron chi connectivity index (χ0n) is 17.8. The molecular formula is C24H31NO4. The van der Waals surface area contributed by atoms with Gasteiger partial charge in [0.2, 0.25) is 0 Å². The van der Waals surface area contributed by atoms with Crippen molar-refractivity contribution in [1.82, 2.24) is 5.32 Å². The number of aliphatic hydroxyl groups excluding tert-OH is 2. The lowest BCUT2D eigenvalue weighted by molar-refractivity contribution is 0.0122. The van der Waals surface area contributed by atoms with E-state index >= 15 is 0 Å². The summed E-state index contributed by atoms with van der Waals surface area (Å²) < 4.78 is 5.17. The van der Waals surface area contributed by atoms with Gasteiger partial charge in [-0.2, -0.15) is 0 Å². The summed E-state index contributed by atoms with van der Waals surface area (Å²) in [6.07, 6.45) is -2.33. The molecule has 0 fully saturated rings. The van der Waals surface area contributed by atoms with E-state index in [4.69, 9.17) is 4.74 Å². The highest BCUT2D eigenvalue weighted by atomic mass is 16.6. The molecule has 0 bridgehead atoms. The maximum Gasteiger partial charge on any atom is 0.407 e. The molecule has 29 heavy (non-hydrogen) atoms. The Morgan fingerprint density at radius 2 is 1.72 bits per heavy atom. The van der Waals surface area contributed by atoms with Crippen molar-refractivity contribution in [2.45, 2.75) is 64.3 Å². The van der Waals surface area contributed by atoms with Gasteiger partial charge in [-0.3, -0.25) is 0 Å². The standard InChI is InChI=1S/C24H31NO4/c1-23(2,3)29-22(28)25-13-12-20(26)21(27)15-10-11-17-16-8-6-7-9-18(16)24(4,5)19(17)14-15/h6-11,14,20-21,26-27H,12-13H2,1-5H3,(H,25,28). The van der Waals surface area contributed by atoms with E-state index < -0.39 is 23.9 Å². The van der Waals surface area contributed by atoms with Crippen molar-refractivity contribution in [2.75, 3.05) is 6.54 Å². The molecule has 1 aliphatic carbocycles. The van der Waals surface area contributed by atoms with E-state index in [1.54, 1.807) is 20.8 Å². The predicted octanol–water partition coefficient (Wildman–Crippen LogP) is 4.30. The van der Waals surface area contributed by atoms with E-state index in [1.165, 1.54) is 16.7 Å². The number of nitrogens with one attached hydrogen (secondary N) is 1. The average Bonchev–Trinajstić information content (AvgIpc) is 2.87. The van der Waals surface area contributed by atoms with Crippen LogP contribution in [0.2, 0.25) is 0 Å². The summed E-state index contributed by atoms with van der Waals surface area (Å²) in [5.41, 5.74) is 4.74. The van der Waals surface area contributed by atoms with Crippen LogP contribution in [0.4, 0.5) is 4.79 Å². The molecule has 3 N–H and O–H groups in total. The lowest BCUT2D eigenvalue weighted by Gasteiger charge is -2.24. The number of rotatable bonds is 5. The van der Waals surface area contributed by atoms with Crippen LogP contribution >= 0.6 is 0 Å². The molecular weight excluding hydrogens is 366 g/mol. The smallest absolute Gasteiger partial charge is 0.407 e. The molecule has 1 aliphatic rings. The zero-order valence-corrected chi connectivity index (χ0v) is 17.8. The van der Waals surface area contributed by atoms with Crippen LogP contribution in [-0.2, 0) is 10.2 Å². The van der Waals surface area contributed by atoms with Gasteiger partial charge in [0.05, 0.1) is 6.10 Å². The van der Waals surface area contributed by atoms with Crippen LogP contribution in [-0.4, -0.2) is 34.6 Å². The van der Waals surface area contributed by atoms with Gasteiger partial charge < -0.3 is 20.3 Å². The number of carbonyl (C=O) groups is 1. The first-order valence-electron chi connectivity index (χ1n) is 10.1. The van der Waals surface area contributed by atoms with Crippen molar-refractivity contribution in [1.29, 1.82) is 0 Å². The van der Waals surface area contributed by atoms with Gasteiger partial charge in [-0.1, -0.05) is 56.3 Å². The highest BCUT2D eigenvalue weighted by Crippen LogP contribution is 2.49. The summed E-state index contributed by atoms with van der Waals surface area (Å²) in [4.78, 5) is 11.7. The minimum absolute atomic E-state index is 0.162. The van der Waals surface area contributed by atoms with Crippen molar-refractivity contribution in [3.8, 4) is 11.1 Å². The van der Waals surface area contributed by atoms with Crippen LogP contribution < -0.4 is 5.32 Å². The number of hydrogen-bond acceptors (Lipinski definition) is 4. The van der Waals surface area contributed by atoms with Crippen LogP contribution in [0, 0.1) is 0 Å². The number of benzene rings is 2. The van der Waals surface area contributed by atoms with Crippen molar-refractivity contribution in [2.24, 2.45) is 0 Å². The normalized spacial score (nSPS) is 16.5. The highest BCUT2D eigenvalue weighted by molar-refractivity contribution is 5.80. The molecule has 0 heterocycles. The van der Waals surface area contributed by atoms with Crippen molar-refractivity contribution >= 4 is 6.09 Å². The lowest BCUT2D eigenvalue weighted by Crippen LogP contribution is -2.34. The van der Waals surface area contributed by atoms with Gasteiger partial charge in [0, 0.05) is 12.0 Å². The molecule has 0 aliphatic heterocycles. The van der Waals surface area contributed by atoms with E-state index in [0.29, 0.717) is 5.56 Å². The summed E-state index contributed by atoms with van der Waals surface area (Å²) in [7, 11) is 0. The van der Waals surface area contributed by atoms with Crippen molar-refractivity contribution < 1.29 is 19.7 Å². The molecule has 0 radical (unpaired) electrons. The number of carbonyl (C=O) groups excluding carboxylic acids is 1. The number of aliphatic hydroxyl groups is 2. The van der Waals surface area contributed by atoms with Crippen LogP contribution in [0.25, 0.3) is 11.1 Å². The summed E-state index contributed by atoms with van der Waals surface area (Å²) in [5.74, 6) is 0. The second kappa shape index (κ2) is 7.81. The SMILES string of the molecule is CC(C)(C)OC(=O)NCCC(O)C(O)c1ccc2c(c1)C(C)(C)c1ccccc1-2. The van der Waals surface area contributed by atoms with E-state index in [0.717, 1.165) is 5.56 Å². The molecule has 2 aromatic carbocycles. The quantitative estimate of drug-likeness (QED) is 0.703. The molecule has 2 atom stereocenters. The Balaban J connectivity index is 1.68. The summed E-state index contributed by atoms with van der Waals surface area (Å²) in [6.45, 7) is 9.94. The third kappa shape index (κ3) is 4.46. The van der Waals surface area contributed by atoms with Crippen LogP contribution in [0.1, 0.15) is 63.8 Å². The summed E-state index contributed by atoms with van der Waals surface area (Å²) in [6, 6.07) is 14.2. The fourth-order valence-electron chi connectivity index (χ4n) is 3.92. The van der Waals surface area contributed by atoms with Crippen LogP contribution in [0.3, 0.4) is 0 Å². The molecule has 5 nitrogen and oxygen atoms in total. The Kier molecular flexibility index (Phi) is 5.74. The van der Waals surface area contributed by atoms with E-state index in [1.807, 2.05) is 30.3 Å². The van der Waals surface area contributed by atoms with Gasteiger partial charge in [-0.15, -0.1) is 0 Å². The number of ether oxygens (including phenoxy) is 1. The topological polar surface area (TPSA) is 78.8 Å². The highest BCUT2D eigenvalue weighted by Gasteiger charge is 2.35. The molecule has 2 aromatic rings. The molecule has 3 rings (SSSR count). The third-order valence-corrected chi connectivity index (χ3v) is 5.42. The summed E-state index contributed by atoms with van der Waals surface area (Å²) >= 11 is 0. The van der Waals surface area contributed by atoms with Crippen molar-refractivity contribution in [3.05, 3.63) is 59.2 Å². The first kappa shape index (κ1) is 21.3. The van der Waals surface area contributed by atoms with Gasteiger partial charge in [-0.05, 0) is 55.0 Å². The van der Waals surface area contributed by atoms with E-state index in [-0.39, 0.29) is 18.4 Å². The Bertz CT molecular complexity index is 898. The van der Waals surface area contributed by atoms with Crippen molar-refractivity contribution in [3.63, 3.8) is 0 Å². The Morgan fingerprint density at radius 1 is 1.07 bits per heavy atom. The minimum atomic E-state index is -1.03. The maximum absolute atomic E-state index is 11.7. The molecule has 156 valence electrons. The Hall–Kier alpha value is -2.37. The molecule has 0 aromatic heterocycles. The third-order valence-electron chi connectivity index (χ3n) is 5.42. The van der Waals surface area contributed by atoms with Crippen LogP contribution in [0.15, 0.2) is 42.5 Å². The second-order valence-corrected chi connectivity index (χ2v) is 9.21. The second-order valence-electron chi connectivity index (χ2n) is 9.21. The minimum Gasteiger partial charge on any atom is -0.444 e. The Morgan fingerprint density at radius 3 is 2.41 bits per heavy atom. The lowest BCUT2D eigenvalue weighted by atomic mass is 9.81. The fourth-order valence-corrected chi connectivity index (χ4v) is 3.92. The number of hydrogen-bond donors (Lipinski definition) is 3. The monoisotopic (exact) mass is 397 g/mol. The number of amides is 1. The number of alkyl carbamates (subject to hydrolysis) is 1. The Labute approximate surface area is 172 Å². The van der Waals surface area contributed by atoms with Gasteiger partial charge in [0.25, 0.3) is 0 Å². The molecule has 2 unspecified atom stereocenters. The first-order chi connectivity index (χ1) is 13.5. The van der Waals surface area contributed by atoms with Crippen LogP contribution in [0.5, 0.6) is 0 Å². The van der Waals surface area contributed by atoms with Gasteiger partial charge >= 0.3 is 6.09 Å². The molecule has 0 saturated heterocycles. The average molecular weight is 398 g/mol. The zero-order chi connectivity index (χ0) is 21.4. The van der Waals surface area contributed by atoms with E-state index in [2.05, 4.69) is 31.3 Å². The molecule has 5 heteroatoms. The number of fused-ring (bicyclic) bond motifs is 3. The fraction of sp³-hybridized carbons (Fsp3) is 0.458. The molecule has 1 amide bonds. The van der Waals surface area contributed by atoms with E-state index in [9.17, 15) is 15.0 Å². The first-order valence-corrected chi connectivity index (χ1v) is 10.1. The maximum atomic E-state index is 11.7. The molecule has 0 saturated carbocycles. The van der Waals surface area contributed by atoms with Gasteiger partial charge in [0.15, 0.2) is 0 Å². The largest absolute Gasteiger partial charge is 0.444 e. The molecule has 0 spiro atoms. The van der Waals surface area contributed by atoms with Gasteiger partial charge in [-0.25, -0.2) is 4.79 Å². The van der Waals surface area contributed by atoms with Gasteiger partial charge in [0.1, 0.15) is 11.7 Å². The summed E-state index contributed by atoms with van der Waals surface area (Å²) in [5, 5.41) is 23.7. The predicted molar refractivity (Wildman–Crippen MR) is 114 cm³/mol.